The summed E-state index contributed by atoms with van der Waals surface area (Å²) in [6.07, 6.45) is 35.3. The molecule has 0 bridgehead atoms. The van der Waals surface area contributed by atoms with Crippen molar-refractivity contribution < 1.29 is 34.1 Å². The molecule has 0 heterocycles. The Kier molecular flexibility index (Phi) is 17.5. The van der Waals surface area contributed by atoms with Crippen molar-refractivity contribution in [2.75, 3.05) is 0 Å². The quantitative estimate of drug-likeness (QED) is 0.342. The van der Waals surface area contributed by atoms with Gasteiger partial charge in [-0.15, -0.1) is 0 Å². The molecule has 0 spiro atoms. The summed E-state index contributed by atoms with van der Waals surface area (Å²) in [5.74, 6) is 14.0. The van der Waals surface area contributed by atoms with Gasteiger partial charge in [0.1, 0.15) is 12.1 Å². The van der Waals surface area contributed by atoms with Crippen molar-refractivity contribution in [2.45, 2.75) is 0 Å². The van der Waals surface area contributed by atoms with Gasteiger partial charge < -0.3 is 0 Å². The number of rotatable bonds is 0. The Balaban J connectivity index is 0.000000448. The van der Waals surface area contributed by atoms with E-state index in [0.717, 1.165) is 11.8 Å². The molecule has 4 aliphatic carbocycles. The molecule has 5 rings (SSSR count). The zero-order chi connectivity index (χ0) is 23.8. The SMILES string of the molecule is N#Cc1cc(C#C[C]2[CH][CH][CH][CH]2)c(C#C[C]2[CH][CH][CH][CH]2)cc1C#N.[CH]1[CH][CH][CH][CH]1.[CH]1[CH][CH][CH][CH]1.[Fe+2].[Fe+2]. The third kappa shape index (κ3) is 11.6. The maximum Gasteiger partial charge on any atom is 2.00 e. The second-order valence-electron chi connectivity index (χ2n) is 6.94. The minimum atomic E-state index is 0. The first-order valence-electron chi connectivity index (χ1n) is 10.6. The first kappa shape index (κ1) is 32.4. The molecule has 0 N–H and O–H groups in total. The minimum Gasteiger partial charge on any atom is -0.192 e. The average molecular weight is 544 g/mol. The fourth-order valence-corrected chi connectivity index (χ4v) is 2.83. The fourth-order valence-electron chi connectivity index (χ4n) is 2.83. The molecule has 20 radical (unpaired) electrons. The first-order chi connectivity index (χ1) is 16.8. The first-order valence-corrected chi connectivity index (χ1v) is 10.6. The van der Waals surface area contributed by atoms with Crippen molar-refractivity contribution in [3.63, 3.8) is 0 Å². The Morgan fingerprint density at radius 2 is 0.639 bits per heavy atom. The summed E-state index contributed by atoms with van der Waals surface area (Å²) >= 11 is 0. The van der Waals surface area contributed by atoms with E-state index >= 15 is 0 Å². The number of nitriles is 2. The maximum absolute atomic E-state index is 9.21. The summed E-state index contributed by atoms with van der Waals surface area (Å²) in [6, 6.07) is 7.33. The van der Waals surface area contributed by atoms with Crippen LogP contribution in [0.4, 0.5) is 0 Å². The van der Waals surface area contributed by atoms with Gasteiger partial charge in [-0.1, -0.05) is 23.7 Å². The Labute approximate surface area is 241 Å². The van der Waals surface area contributed by atoms with Crippen molar-refractivity contribution in [2.24, 2.45) is 0 Å². The third-order valence-corrected chi connectivity index (χ3v) is 4.52. The van der Waals surface area contributed by atoms with Crippen LogP contribution in [0.5, 0.6) is 0 Å². The molecule has 0 saturated heterocycles. The molecule has 4 fully saturated rings. The van der Waals surface area contributed by atoms with Gasteiger partial charge in [0.25, 0.3) is 0 Å². The zero-order valence-corrected chi connectivity index (χ0v) is 21.4. The van der Waals surface area contributed by atoms with Crippen molar-refractivity contribution in [1.82, 2.24) is 0 Å². The summed E-state index contributed by atoms with van der Waals surface area (Å²) in [7, 11) is 0. The minimum absolute atomic E-state index is 0. The molecule has 0 atom stereocenters. The molecule has 4 saturated carbocycles. The summed E-state index contributed by atoms with van der Waals surface area (Å²) in [6.45, 7) is 0. The van der Waals surface area contributed by atoms with Crippen LogP contribution < -0.4 is 0 Å². The van der Waals surface area contributed by atoms with Crippen LogP contribution >= 0.6 is 0 Å². The topological polar surface area (TPSA) is 47.6 Å². The van der Waals surface area contributed by atoms with Crippen molar-refractivity contribution >= 4 is 0 Å². The largest absolute Gasteiger partial charge is 2.00 e. The monoisotopic (exact) mass is 544 g/mol. The third-order valence-electron chi connectivity index (χ3n) is 4.52. The Morgan fingerprint density at radius 3 is 0.889 bits per heavy atom. The van der Waals surface area contributed by atoms with Gasteiger partial charge in [-0.25, -0.2) is 0 Å². The van der Waals surface area contributed by atoms with E-state index in [1.807, 2.05) is 128 Å². The van der Waals surface area contributed by atoms with Crippen LogP contribution in [-0.4, -0.2) is 0 Å². The molecule has 0 amide bonds. The van der Waals surface area contributed by atoms with E-state index in [1.54, 1.807) is 12.1 Å². The summed E-state index contributed by atoms with van der Waals surface area (Å²) in [5, 5.41) is 18.4. The molecule has 1 aromatic rings. The van der Waals surface area contributed by atoms with E-state index in [4.69, 9.17) is 0 Å². The standard InChI is InChI=1S/C22H10N2.2C5H5.2Fe/c23-15-21-13-19(11-9-17-5-1-2-6-17)20(14-22(21)16-24)12-10-18-7-3-4-8-18;2*1-2-4-5-3-1;;/h1-8,13-14H;2*1-5H;;/q;;;2*+2. The van der Waals surface area contributed by atoms with E-state index in [1.165, 1.54) is 0 Å². The average Bonchev–Trinajstić information content (AvgIpc) is 3.71. The normalized spacial score (nSPS) is 18.2. The number of benzene rings is 1. The number of hydrogen-bond donors (Lipinski definition) is 0. The van der Waals surface area contributed by atoms with Crippen LogP contribution in [0.15, 0.2) is 12.1 Å². The van der Waals surface area contributed by atoms with E-state index in [2.05, 4.69) is 23.7 Å². The molecule has 1 aromatic carbocycles. The second-order valence-corrected chi connectivity index (χ2v) is 6.94. The van der Waals surface area contributed by atoms with Crippen LogP contribution in [-0.2, 0) is 34.1 Å². The van der Waals surface area contributed by atoms with Crippen LogP contribution in [0.2, 0.25) is 0 Å². The zero-order valence-electron chi connectivity index (χ0n) is 19.1. The Hall–Kier alpha value is -1.64. The smallest absolute Gasteiger partial charge is 0.192 e. The Bertz CT molecular complexity index is 877. The summed E-state index contributed by atoms with van der Waals surface area (Å²) in [4.78, 5) is 0. The number of hydrogen-bond acceptors (Lipinski definition) is 2. The van der Waals surface area contributed by atoms with Gasteiger partial charge in [0, 0.05) is 11.1 Å². The molecule has 2 nitrogen and oxygen atoms in total. The molecule has 36 heavy (non-hydrogen) atoms. The van der Waals surface area contributed by atoms with E-state index in [9.17, 15) is 10.5 Å². The van der Waals surface area contributed by atoms with E-state index in [-0.39, 0.29) is 34.1 Å². The van der Waals surface area contributed by atoms with Crippen LogP contribution in [0.3, 0.4) is 0 Å². The summed E-state index contributed by atoms with van der Waals surface area (Å²) in [5.41, 5.74) is 1.91. The van der Waals surface area contributed by atoms with Gasteiger partial charge >= 0.3 is 34.1 Å². The van der Waals surface area contributed by atoms with E-state index in [0.29, 0.717) is 22.3 Å². The van der Waals surface area contributed by atoms with Crippen molar-refractivity contribution in [3.8, 4) is 35.8 Å². The predicted octanol–water partition coefficient (Wildman–Crippen LogP) is 4.98. The molecule has 4 heteroatoms. The predicted molar refractivity (Wildman–Crippen MR) is 134 cm³/mol. The van der Waals surface area contributed by atoms with E-state index < -0.39 is 0 Å². The maximum atomic E-state index is 9.21. The van der Waals surface area contributed by atoms with Crippen LogP contribution in [0.25, 0.3) is 0 Å². The van der Waals surface area contributed by atoms with Gasteiger partial charge in [-0.05, 0) is 128 Å². The molecular weight excluding hydrogens is 524 g/mol. The van der Waals surface area contributed by atoms with Gasteiger partial charge in [0.2, 0.25) is 0 Å². The summed E-state index contributed by atoms with van der Waals surface area (Å²) < 4.78 is 0. The van der Waals surface area contributed by atoms with Crippen molar-refractivity contribution in [1.29, 1.82) is 10.5 Å². The number of nitrogens with zero attached hydrogens (tertiary/aromatic N) is 2. The molecule has 0 unspecified atom stereocenters. The fraction of sp³-hybridized carbons (Fsp3) is 0. The molecule has 0 aromatic heterocycles. The van der Waals surface area contributed by atoms with Crippen LogP contribution in [0.1, 0.15) is 22.3 Å². The van der Waals surface area contributed by atoms with Crippen molar-refractivity contribution in [3.05, 3.63) is 162 Å². The van der Waals surface area contributed by atoms with Gasteiger partial charge in [-0.2, -0.15) is 10.5 Å². The van der Waals surface area contributed by atoms with Crippen LogP contribution in [0, 0.1) is 174 Å². The van der Waals surface area contributed by atoms with Gasteiger partial charge in [0.15, 0.2) is 0 Å². The molecule has 4 aliphatic rings. The second kappa shape index (κ2) is 19.5. The molecular formula is C32H20Fe2N2+4. The molecule has 170 valence electrons. The molecule has 0 aliphatic heterocycles. The van der Waals surface area contributed by atoms with Gasteiger partial charge in [-0.3, -0.25) is 0 Å². The Morgan fingerprint density at radius 1 is 0.361 bits per heavy atom. The van der Waals surface area contributed by atoms with Gasteiger partial charge in [0.05, 0.1) is 23.0 Å².